The first-order chi connectivity index (χ1) is 28.8. The zero-order chi connectivity index (χ0) is 43.2. The van der Waals surface area contributed by atoms with Gasteiger partial charge in [0.25, 0.3) is 0 Å². The van der Waals surface area contributed by atoms with E-state index in [-0.39, 0.29) is 32.6 Å². The highest BCUT2D eigenvalue weighted by Crippen LogP contribution is 2.43. The van der Waals surface area contributed by atoms with Crippen LogP contribution in [0.5, 0.6) is 0 Å². The van der Waals surface area contributed by atoms with E-state index in [1.165, 1.54) is 51.4 Å². The van der Waals surface area contributed by atoms with E-state index < -0.39 is 32.5 Å². The number of hydrogen-bond acceptors (Lipinski definition) is 8. The maximum Gasteiger partial charge on any atom is 0.472 e. The van der Waals surface area contributed by atoms with Crippen molar-refractivity contribution < 1.29 is 37.6 Å². The van der Waals surface area contributed by atoms with E-state index in [1.54, 1.807) is 0 Å². The molecule has 2 atom stereocenters. The second-order valence-electron chi connectivity index (χ2n) is 14.6. The summed E-state index contributed by atoms with van der Waals surface area (Å²) in [5.74, 6) is -0.910. The first kappa shape index (κ1) is 55.9. The van der Waals surface area contributed by atoms with Crippen LogP contribution < -0.4 is 5.73 Å². The van der Waals surface area contributed by atoms with Gasteiger partial charge in [0.05, 0.1) is 13.2 Å². The van der Waals surface area contributed by atoms with Gasteiger partial charge in [0, 0.05) is 19.4 Å². The number of phosphoric ester groups is 1. The predicted octanol–water partition coefficient (Wildman–Crippen LogP) is 13.4. The van der Waals surface area contributed by atoms with Crippen molar-refractivity contribution in [3.63, 3.8) is 0 Å². The molecule has 10 heteroatoms. The highest BCUT2D eigenvalue weighted by molar-refractivity contribution is 7.47. The number of hydrogen-bond donors (Lipinski definition) is 2. The third-order valence-corrected chi connectivity index (χ3v) is 9.93. The number of ether oxygens (including phenoxy) is 2. The van der Waals surface area contributed by atoms with Crippen LogP contribution in [0.2, 0.25) is 0 Å². The standard InChI is InChI=1S/C49H82NO8P/c1-3-5-7-9-11-13-15-17-19-21-23-25-27-29-31-33-35-37-39-41-48(51)55-45-47(46-57-59(53,54)56-44-43-50)58-49(52)42-40-38-36-34-32-30-28-26-24-22-20-18-16-14-12-10-8-6-4-2/h11-14,17-20,23-26,29-32,47H,3-10,15-16,21-22,27-28,33-46,50H2,1-2H3,(H,53,54)/t47-/m1/s1. The molecular formula is C49H82NO8P. The maximum atomic E-state index is 12.6. The molecule has 0 aromatic heterocycles. The van der Waals surface area contributed by atoms with Gasteiger partial charge in [-0.25, -0.2) is 4.57 Å². The molecule has 3 N–H and O–H groups in total. The van der Waals surface area contributed by atoms with Crippen molar-refractivity contribution >= 4 is 19.8 Å². The summed E-state index contributed by atoms with van der Waals surface area (Å²) in [6.07, 6.45) is 57.2. The van der Waals surface area contributed by atoms with Crippen LogP contribution in [0.15, 0.2) is 97.2 Å². The molecule has 0 saturated heterocycles. The molecule has 0 bridgehead atoms. The SMILES string of the molecule is CCCCCC=CCC=CCC=CCC=CCCCCCC(=O)OC[C@H](COP(=O)(O)OCCN)OC(=O)CCCCCC=CCC=CCC=CCC=CCCCCC. The molecule has 1 unspecified atom stereocenters. The van der Waals surface area contributed by atoms with Crippen molar-refractivity contribution in [2.45, 2.75) is 174 Å². The van der Waals surface area contributed by atoms with Gasteiger partial charge in [0.15, 0.2) is 6.10 Å². The fraction of sp³-hybridized carbons (Fsp3) is 0.633. The monoisotopic (exact) mass is 844 g/mol. The largest absolute Gasteiger partial charge is 0.472 e. The highest BCUT2D eigenvalue weighted by atomic mass is 31.2. The molecule has 0 spiro atoms. The van der Waals surface area contributed by atoms with Gasteiger partial charge in [-0.15, -0.1) is 0 Å². The average molecular weight is 844 g/mol. The summed E-state index contributed by atoms with van der Waals surface area (Å²) in [6, 6.07) is 0. The molecule has 9 nitrogen and oxygen atoms in total. The predicted molar refractivity (Wildman–Crippen MR) is 247 cm³/mol. The fourth-order valence-corrected chi connectivity index (χ4v) is 6.31. The Morgan fingerprint density at radius 1 is 0.508 bits per heavy atom. The molecule has 0 radical (unpaired) electrons. The summed E-state index contributed by atoms with van der Waals surface area (Å²) in [4.78, 5) is 34.9. The molecule has 59 heavy (non-hydrogen) atoms. The van der Waals surface area contributed by atoms with Crippen LogP contribution in [0.25, 0.3) is 0 Å². The number of esters is 2. The van der Waals surface area contributed by atoms with Crippen molar-refractivity contribution in [2.75, 3.05) is 26.4 Å². The maximum absolute atomic E-state index is 12.6. The van der Waals surface area contributed by atoms with Crippen molar-refractivity contribution in [3.05, 3.63) is 97.2 Å². The van der Waals surface area contributed by atoms with Crippen LogP contribution >= 0.6 is 7.82 Å². The molecule has 0 amide bonds. The first-order valence-corrected chi connectivity index (χ1v) is 24.2. The van der Waals surface area contributed by atoms with Gasteiger partial charge < -0.3 is 20.1 Å². The zero-order valence-corrected chi connectivity index (χ0v) is 37.8. The van der Waals surface area contributed by atoms with Crippen molar-refractivity contribution in [3.8, 4) is 0 Å². The van der Waals surface area contributed by atoms with Crippen molar-refractivity contribution in [1.82, 2.24) is 0 Å². The fourth-order valence-electron chi connectivity index (χ4n) is 5.54. The lowest BCUT2D eigenvalue weighted by molar-refractivity contribution is -0.161. The van der Waals surface area contributed by atoms with E-state index in [4.69, 9.17) is 24.3 Å². The Balaban J connectivity index is 4.29. The Bertz CT molecular complexity index is 1280. The molecule has 0 rings (SSSR count). The minimum atomic E-state index is -4.40. The van der Waals surface area contributed by atoms with E-state index in [0.29, 0.717) is 12.8 Å². The number of phosphoric acid groups is 1. The van der Waals surface area contributed by atoms with Gasteiger partial charge in [-0.2, -0.15) is 0 Å². The number of nitrogens with two attached hydrogens (primary N) is 1. The van der Waals surface area contributed by atoms with Crippen LogP contribution in [0.4, 0.5) is 0 Å². The molecule has 336 valence electrons. The van der Waals surface area contributed by atoms with E-state index in [1.807, 2.05) is 0 Å². The quantitative estimate of drug-likeness (QED) is 0.0267. The van der Waals surface area contributed by atoms with Crippen LogP contribution in [0.1, 0.15) is 168 Å². The number of unbranched alkanes of at least 4 members (excludes halogenated alkanes) is 12. The van der Waals surface area contributed by atoms with Crippen LogP contribution in [0, 0.1) is 0 Å². The molecule has 0 heterocycles. The minimum absolute atomic E-state index is 0.0376. The first-order valence-electron chi connectivity index (χ1n) is 22.7. The summed E-state index contributed by atoms with van der Waals surface area (Å²) >= 11 is 0. The summed E-state index contributed by atoms with van der Waals surface area (Å²) in [6.45, 7) is 3.58. The topological polar surface area (TPSA) is 134 Å². The van der Waals surface area contributed by atoms with Gasteiger partial charge in [-0.1, -0.05) is 150 Å². The summed E-state index contributed by atoms with van der Waals surface area (Å²) < 4.78 is 32.8. The number of carbonyl (C=O) groups excluding carboxylic acids is 2. The molecule has 0 fully saturated rings. The van der Waals surface area contributed by atoms with E-state index in [2.05, 4.69) is 111 Å². The lowest BCUT2D eigenvalue weighted by Crippen LogP contribution is -2.29. The summed E-state index contributed by atoms with van der Waals surface area (Å²) in [5, 5.41) is 0. The second kappa shape index (κ2) is 44.5. The Kier molecular flexibility index (Phi) is 42.2. The number of carbonyl (C=O) groups is 2. The smallest absolute Gasteiger partial charge is 0.462 e. The minimum Gasteiger partial charge on any atom is -0.462 e. The summed E-state index contributed by atoms with van der Waals surface area (Å²) in [5.41, 5.74) is 5.35. The van der Waals surface area contributed by atoms with E-state index in [0.717, 1.165) is 77.0 Å². The molecular weight excluding hydrogens is 762 g/mol. The Morgan fingerprint density at radius 3 is 1.27 bits per heavy atom. The summed E-state index contributed by atoms with van der Waals surface area (Å²) in [7, 11) is -4.40. The van der Waals surface area contributed by atoms with Gasteiger partial charge in [0.2, 0.25) is 0 Å². The molecule has 0 aliphatic rings. The number of allylic oxidation sites excluding steroid dienone is 16. The van der Waals surface area contributed by atoms with Crippen LogP contribution in [-0.4, -0.2) is 49.3 Å². The second-order valence-corrected chi connectivity index (χ2v) is 16.0. The van der Waals surface area contributed by atoms with Gasteiger partial charge in [-0.3, -0.25) is 18.6 Å². The molecule has 0 aliphatic heterocycles. The van der Waals surface area contributed by atoms with E-state index >= 15 is 0 Å². The zero-order valence-electron chi connectivity index (χ0n) is 36.9. The third kappa shape index (κ3) is 44.3. The molecule has 0 saturated carbocycles. The third-order valence-electron chi connectivity index (χ3n) is 8.94. The molecule has 0 aromatic carbocycles. The Morgan fingerprint density at radius 2 is 0.881 bits per heavy atom. The Hall–Kier alpha value is -3.07. The van der Waals surface area contributed by atoms with Gasteiger partial charge in [-0.05, 0) is 103 Å². The van der Waals surface area contributed by atoms with Gasteiger partial charge in [0.1, 0.15) is 6.61 Å². The average Bonchev–Trinajstić information content (AvgIpc) is 3.22. The Labute approximate surface area is 359 Å². The molecule has 0 aromatic rings. The lowest BCUT2D eigenvalue weighted by Gasteiger charge is -2.19. The normalized spacial score (nSPS) is 14.2. The highest BCUT2D eigenvalue weighted by Gasteiger charge is 2.26. The van der Waals surface area contributed by atoms with Crippen molar-refractivity contribution in [2.24, 2.45) is 5.73 Å². The van der Waals surface area contributed by atoms with Gasteiger partial charge >= 0.3 is 19.8 Å². The number of rotatable bonds is 41. The van der Waals surface area contributed by atoms with Crippen LogP contribution in [-0.2, 0) is 32.7 Å². The van der Waals surface area contributed by atoms with Crippen molar-refractivity contribution in [1.29, 1.82) is 0 Å². The lowest BCUT2D eigenvalue weighted by atomic mass is 10.1. The molecule has 0 aliphatic carbocycles. The van der Waals surface area contributed by atoms with Crippen LogP contribution in [0.3, 0.4) is 0 Å². The van der Waals surface area contributed by atoms with E-state index in [9.17, 15) is 19.0 Å².